The molecular formula is C23H23N3O2. The summed E-state index contributed by atoms with van der Waals surface area (Å²) in [6.45, 7) is 1.09. The number of fused-ring (bicyclic) bond motifs is 1. The Morgan fingerprint density at radius 1 is 0.857 bits per heavy atom. The maximum Gasteiger partial charge on any atom is 0.321 e. The zero-order valence-electron chi connectivity index (χ0n) is 15.6. The standard InChI is InChI=1S/C23H23N3O2/c27-22(25-21-14-6-9-17-8-4-5-13-20(17)21)18-10-7-15-26(16-18)23(28)24-19-11-2-1-3-12-19/h1-6,8-9,11-14,18H,7,10,15-16H2,(H,24,28)(H,25,27). The number of carbonyl (C=O) groups excluding carboxylic acids is 2. The molecule has 0 spiro atoms. The molecule has 3 amide bonds. The van der Waals surface area contributed by atoms with Crippen LogP contribution >= 0.6 is 0 Å². The van der Waals surface area contributed by atoms with Crippen LogP contribution in [0.15, 0.2) is 72.8 Å². The fraction of sp³-hybridized carbons (Fsp3) is 0.217. The number of para-hydroxylation sites is 1. The van der Waals surface area contributed by atoms with Crippen LogP contribution in [-0.2, 0) is 4.79 Å². The number of piperidine rings is 1. The second-order valence-corrected chi connectivity index (χ2v) is 7.10. The van der Waals surface area contributed by atoms with Crippen LogP contribution in [0.25, 0.3) is 10.8 Å². The highest BCUT2D eigenvalue weighted by molar-refractivity contribution is 6.03. The molecule has 1 saturated heterocycles. The molecule has 3 aromatic carbocycles. The molecule has 0 saturated carbocycles. The Labute approximate surface area is 164 Å². The molecule has 0 aliphatic carbocycles. The molecule has 1 unspecified atom stereocenters. The molecule has 1 atom stereocenters. The first-order valence-corrected chi connectivity index (χ1v) is 9.60. The fourth-order valence-corrected chi connectivity index (χ4v) is 3.67. The fourth-order valence-electron chi connectivity index (χ4n) is 3.67. The summed E-state index contributed by atoms with van der Waals surface area (Å²) in [4.78, 5) is 27.1. The van der Waals surface area contributed by atoms with Gasteiger partial charge < -0.3 is 15.5 Å². The summed E-state index contributed by atoms with van der Waals surface area (Å²) < 4.78 is 0. The van der Waals surface area contributed by atoms with Gasteiger partial charge >= 0.3 is 6.03 Å². The largest absolute Gasteiger partial charge is 0.325 e. The van der Waals surface area contributed by atoms with E-state index < -0.39 is 0 Å². The van der Waals surface area contributed by atoms with E-state index in [1.54, 1.807) is 4.90 Å². The molecule has 4 rings (SSSR count). The number of hydrogen-bond acceptors (Lipinski definition) is 2. The number of likely N-dealkylation sites (tertiary alicyclic amines) is 1. The van der Waals surface area contributed by atoms with Gasteiger partial charge in [0.2, 0.25) is 5.91 Å². The third-order valence-corrected chi connectivity index (χ3v) is 5.15. The van der Waals surface area contributed by atoms with Gasteiger partial charge in [0.05, 0.1) is 5.92 Å². The van der Waals surface area contributed by atoms with Crippen molar-refractivity contribution in [1.82, 2.24) is 4.90 Å². The first kappa shape index (κ1) is 18.0. The second kappa shape index (κ2) is 8.13. The predicted octanol–water partition coefficient (Wildman–Crippen LogP) is 4.72. The lowest BCUT2D eigenvalue weighted by atomic mass is 9.97. The summed E-state index contributed by atoms with van der Waals surface area (Å²) >= 11 is 0. The molecule has 1 heterocycles. The number of hydrogen-bond donors (Lipinski definition) is 2. The van der Waals surface area contributed by atoms with Crippen molar-refractivity contribution < 1.29 is 9.59 Å². The van der Waals surface area contributed by atoms with Crippen LogP contribution in [0.1, 0.15) is 12.8 Å². The molecule has 0 bridgehead atoms. The quantitative estimate of drug-likeness (QED) is 0.698. The lowest BCUT2D eigenvalue weighted by Crippen LogP contribution is -2.45. The van der Waals surface area contributed by atoms with Gasteiger partial charge in [-0.2, -0.15) is 0 Å². The summed E-state index contributed by atoms with van der Waals surface area (Å²) in [6.07, 6.45) is 1.60. The maximum atomic E-state index is 12.9. The third-order valence-electron chi connectivity index (χ3n) is 5.15. The van der Waals surface area contributed by atoms with Crippen molar-refractivity contribution >= 4 is 34.1 Å². The summed E-state index contributed by atoms with van der Waals surface area (Å²) in [7, 11) is 0. The summed E-state index contributed by atoms with van der Waals surface area (Å²) in [6, 6.07) is 23.1. The molecule has 0 radical (unpaired) electrons. The van der Waals surface area contributed by atoms with Gasteiger partial charge in [0.1, 0.15) is 0 Å². The van der Waals surface area contributed by atoms with E-state index in [1.807, 2.05) is 72.8 Å². The molecule has 0 aromatic heterocycles. The molecule has 1 aliphatic heterocycles. The van der Waals surface area contributed by atoms with E-state index in [1.165, 1.54) is 0 Å². The Kier molecular flexibility index (Phi) is 5.24. The predicted molar refractivity (Wildman–Crippen MR) is 112 cm³/mol. The van der Waals surface area contributed by atoms with Crippen molar-refractivity contribution in [2.75, 3.05) is 23.7 Å². The van der Waals surface area contributed by atoms with Crippen molar-refractivity contribution in [1.29, 1.82) is 0 Å². The first-order chi connectivity index (χ1) is 13.7. The Bertz CT molecular complexity index is 982. The smallest absolute Gasteiger partial charge is 0.321 e. The number of carbonyl (C=O) groups is 2. The molecule has 2 N–H and O–H groups in total. The van der Waals surface area contributed by atoms with Crippen LogP contribution in [0.2, 0.25) is 0 Å². The van der Waals surface area contributed by atoms with Crippen molar-refractivity contribution in [3.05, 3.63) is 72.8 Å². The Hall–Kier alpha value is -3.34. The van der Waals surface area contributed by atoms with Crippen LogP contribution in [-0.4, -0.2) is 29.9 Å². The molecule has 28 heavy (non-hydrogen) atoms. The minimum atomic E-state index is -0.214. The highest BCUT2D eigenvalue weighted by atomic mass is 16.2. The van der Waals surface area contributed by atoms with Crippen LogP contribution in [0.3, 0.4) is 0 Å². The third kappa shape index (κ3) is 3.98. The van der Waals surface area contributed by atoms with E-state index in [0.29, 0.717) is 13.1 Å². The molecule has 142 valence electrons. The number of urea groups is 1. The van der Waals surface area contributed by atoms with Gasteiger partial charge in [0, 0.05) is 29.9 Å². The SMILES string of the molecule is O=C(Nc1cccc2ccccc12)C1CCCN(C(=O)Nc2ccccc2)C1. The van der Waals surface area contributed by atoms with Crippen LogP contribution in [0.4, 0.5) is 16.2 Å². The zero-order valence-corrected chi connectivity index (χ0v) is 15.6. The van der Waals surface area contributed by atoms with Crippen molar-refractivity contribution in [3.8, 4) is 0 Å². The lowest BCUT2D eigenvalue weighted by molar-refractivity contribution is -0.121. The van der Waals surface area contributed by atoms with Crippen LogP contribution < -0.4 is 10.6 Å². The van der Waals surface area contributed by atoms with Gasteiger partial charge in [-0.25, -0.2) is 4.79 Å². The topological polar surface area (TPSA) is 61.4 Å². The Morgan fingerprint density at radius 3 is 2.46 bits per heavy atom. The summed E-state index contributed by atoms with van der Waals surface area (Å²) in [5.41, 5.74) is 1.57. The van der Waals surface area contributed by atoms with E-state index in [2.05, 4.69) is 10.6 Å². The second-order valence-electron chi connectivity index (χ2n) is 7.10. The van der Waals surface area contributed by atoms with Crippen molar-refractivity contribution in [2.24, 2.45) is 5.92 Å². The molecule has 1 fully saturated rings. The molecule has 3 aromatic rings. The molecular weight excluding hydrogens is 350 g/mol. The van der Waals surface area contributed by atoms with E-state index in [9.17, 15) is 9.59 Å². The van der Waals surface area contributed by atoms with Gasteiger partial charge in [-0.05, 0) is 36.4 Å². The normalized spacial score (nSPS) is 16.6. The van der Waals surface area contributed by atoms with Gasteiger partial charge in [-0.1, -0.05) is 54.6 Å². The molecule has 5 nitrogen and oxygen atoms in total. The lowest BCUT2D eigenvalue weighted by Gasteiger charge is -2.32. The van der Waals surface area contributed by atoms with E-state index >= 15 is 0 Å². The van der Waals surface area contributed by atoms with Crippen LogP contribution in [0, 0.1) is 5.92 Å². The Morgan fingerprint density at radius 2 is 1.61 bits per heavy atom. The highest BCUT2D eigenvalue weighted by Gasteiger charge is 2.28. The van der Waals surface area contributed by atoms with Crippen LogP contribution in [0.5, 0.6) is 0 Å². The van der Waals surface area contributed by atoms with Crippen molar-refractivity contribution in [3.63, 3.8) is 0 Å². The number of anilines is 2. The number of rotatable bonds is 3. The van der Waals surface area contributed by atoms with E-state index in [0.717, 1.165) is 35.0 Å². The van der Waals surface area contributed by atoms with Gasteiger partial charge in [0.15, 0.2) is 0 Å². The summed E-state index contributed by atoms with van der Waals surface area (Å²) in [5, 5.41) is 8.08. The molecule has 5 heteroatoms. The first-order valence-electron chi connectivity index (χ1n) is 9.60. The average Bonchev–Trinajstić information content (AvgIpc) is 2.75. The highest BCUT2D eigenvalue weighted by Crippen LogP contribution is 2.25. The van der Waals surface area contributed by atoms with Gasteiger partial charge in [-0.3, -0.25) is 4.79 Å². The monoisotopic (exact) mass is 373 g/mol. The average molecular weight is 373 g/mol. The molecule has 1 aliphatic rings. The van der Waals surface area contributed by atoms with E-state index in [-0.39, 0.29) is 17.9 Å². The number of nitrogens with zero attached hydrogens (tertiary/aromatic N) is 1. The van der Waals surface area contributed by atoms with E-state index in [4.69, 9.17) is 0 Å². The number of nitrogens with one attached hydrogen (secondary N) is 2. The van der Waals surface area contributed by atoms with Gasteiger partial charge in [0.25, 0.3) is 0 Å². The van der Waals surface area contributed by atoms with Crippen molar-refractivity contribution in [2.45, 2.75) is 12.8 Å². The minimum Gasteiger partial charge on any atom is -0.325 e. The van der Waals surface area contributed by atoms with Gasteiger partial charge in [-0.15, -0.1) is 0 Å². The minimum absolute atomic E-state index is 0.0337. The number of amides is 3. The zero-order chi connectivity index (χ0) is 19.3. The maximum absolute atomic E-state index is 12.9. The summed E-state index contributed by atoms with van der Waals surface area (Å²) in [5.74, 6) is -0.247. The Balaban J connectivity index is 1.42. The number of benzene rings is 3.